The second-order valence-corrected chi connectivity index (χ2v) is 5.25. The molecule has 0 spiro atoms. The number of carbonyl (C=O) groups excluding carboxylic acids is 1. The van der Waals surface area contributed by atoms with Crippen molar-refractivity contribution in [1.29, 1.82) is 0 Å². The van der Waals surface area contributed by atoms with Crippen molar-refractivity contribution >= 4 is 23.2 Å². The van der Waals surface area contributed by atoms with Gasteiger partial charge in [-0.25, -0.2) is 4.68 Å². The molecule has 0 aliphatic heterocycles. The fraction of sp³-hybridized carbons (Fsp3) is 0.0625. The van der Waals surface area contributed by atoms with Gasteiger partial charge in [0, 0.05) is 6.07 Å². The number of carbonyl (C=O) groups is 1. The molecular formula is C16H13ClN4O3. The molecule has 1 amide bonds. The van der Waals surface area contributed by atoms with E-state index in [-0.39, 0.29) is 22.2 Å². The number of phenolic OH excluding ortho intramolecular Hbond substituents is 1. The molecule has 122 valence electrons. The number of benzene rings is 2. The Bertz CT molecular complexity index is 895. The first-order valence-corrected chi connectivity index (χ1v) is 7.32. The Balaban J connectivity index is 1.82. The zero-order valence-electron chi connectivity index (χ0n) is 12.6. The predicted molar refractivity (Wildman–Crippen MR) is 89.0 cm³/mol. The molecule has 2 N–H and O–H groups in total. The zero-order valence-corrected chi connectivity index (χ0v) is 13.4. The number of nitrogens with one attached hydrogen (secondary N) is 1. The number of rotatable bonds is 4. The Labute approximate surface area is 142 Å². The molecule has 1 aromatic heterocycles. The molecule has 0 bridgehead atoms. The van der Waals surface area contributed by atoms with E-state index in [1.165, 1.54) is 23.0 Å². The van der Waals surface area contributed by atoms with Gasteiger partial charge in [0.25, 0.3) is 5.91 Å². The number of para-hydroxylation sites is 1. The summed E-state index contributed by atoms with van der Waals surface area (Å²) in [5, 5.41) is 20.3. The first kappa shape index (κ1) is 15.8. The SMILES string of the molecule is COc1cccc(-n2cc(C(=O)Nc3cccc(Cl)c3O)nn2)c1. The summed E-state index contributed by atoms with van der Waals surface area (Å²) in [6.07, 6.45) is 1.48. The van der Waals surface area contributed by atoms with Crippen LogP contribution in [0.4, 0.5) is 5.69 Å². The summed E-state index contributed by atoms with van der Waals surface area (Å²) >= 11 is 5.81. The number of hydrogen-bond donors (Lipinski definition) is 2. The summed E-state index contributed by atoms with van der Waals surface area (Å²) in [6, 6.07) is 11.8. The number of anilines is 1. The van der Waals surface area contributed by atoms with Crippen LogP contribution in [0.3, 0.4) is 0 Å². The highest BCUT2D eigenvalue weighted by Crippen LogP contribution is 2.31. The molecule has 3 aromatic rings. The number of phenols is 1. The van der Waals surface area contributed by atoms with Gasteiger partial charge < -0.3 is 15.2 Å². The van der Waals surface area contributed by atoms with Crippen molar-refractivity contribution in [3.05, 3.63) is 59.4 Å². The standard InChI is InChI=1S/C16H13ClN4O3/c1-24-11-5-2-4-10(8-11)21-9-14(19-20-21)16(23)18-13-7-3-6-12(17)15(13)22/h2-9,22H,1H3,(H,18,23). The van der Waals surface area contributed by atoms with Gasteiger partial charge in [-0.1, -0.05) is 28.9 Å². The van der Waals surface area contributed by atoms with Crippen LogP contribution in [0.2, 0.25) is 5.02 Å². The van der Waals surface area contributed by atoms with Gasteiger partial charge in [0.15, 0.2) is 11.4 Å². The van der Waals surface area contributed by atoms with Crippen LogP contribution in [0.15, 0.2) is 48.7 Å². The first-order valence-electron chi connectivity index (χ1n) is 6.94. The van der Waals surface area contributed by atoms with Crippen molar-refractivity contribution in [3.8, 4) is 17.2 Å². The van der Waals surface area contributed by atoms with Crippen LogP contribution in [0, 0.1) is 0 Å². The van der Waals surface area contributed by atoms with Gasteiger partial charge in [-0.05, 0) is 24.3 Å². The van der Waals surface area contributed by atoms with E-state index < -0.39 is 5.91 Å². The summed E-state index contributed by atoms with van der Waals surface area (Å²) < 4.78 is 6.61. The van der Waals surface area contributed by atoms with E-state index in [1.807, 2.05) is 6.07 Å². The molecule has 0 saturated carbocycles. The number of ether oxygens (including phenoxy) is 1. The third-order valence-electron chi connectivity index (χ3n) is 3.28. The maximum atomic E-state index is 12.2. The lowest BCUT2D eigenvalue weighted by Gasteiger charge is -2.06. The van der Waals surface area contributed by atoms with Crippen molar-refractivity contribution < 1.29 is 14.6 Å². The van der Waals surface area contributed by atoms with Gasteiger partial charge >= 0.3 is 0 Å². The Hall–Kier alpha value is -3.06. The highest BCUT2D eigenvalue weighted by atomic mass is 35.5. The van der Waals surface area contributed by atoms with Crippen LogP contribution in [-0.4, -0.2) is 33.1 Å². The Morgan fingerprint density at radius 3 is 2.88 bits per heavy atom. The second kappa shape index (κ2) is 6.59. The first-order chi connectivity index (χ1) is 11.6. The van der Waals surface area contributed by atoms with Crippen molar-refractivity contribution in [2.75, 3.05) is 12.4 Å². The maximum Gasteiger partial charge on any atom is 0.277 e. The van der Waals surface area contributed by atoms with Crippen molar-refractivity contribution in [2.45, 2.75) is 0 Å². The molecule has 0 fully saturated rings. The van der Waals surface area contributed by atoms with Crippen LogP contribution >= 0.6 is 11.6 Å². The minimum atomic E-state index is -0.512. The van der Waals surface area contributed by atoms with Gasteiger partial charge in [-0.2, -0.15) is 0 Å². The average Bonchev–Trinajstić information content (AvgIpc) is 3.09. The molecule has 0 atom stereocenters. The minimum Gasteiger partial charge on any atom is -0.504 e. The van der Waals surface area contributed by atoms with Crippen molar-refractivity contribution in [3.63, 3.8) is 0 Å². The number of hydrogen-bond acceptors (Lipinski definition) is 5. The lowest BCUT2D eigenvalue weighted by molar-refractivity contribution is 0.102. The third kappa shape index (κ3) is 3.16. The number of amides is 1. The Morgan fingerprint density at radius 1 is 1.29 bits per heavy atom. The van der Waals surface area contributed by atoms with Gasteiger partial charge in [-0.3, -0.25) is 4.79 Å². The van der Waals surface area contributed by atoms with Gasteiger partial charge in [0.2, 0.25) is 0 Å². The summed E-state index contributed by atoms with van der Waals surface area (Å²) in [4.78, 5) is 12.2. The molecule has 1 heterocycles. The van der Waals surface area contributed by atoms with E-state index in [2.05, 4.69) is 15.6 Å². The number of aromatic nitrogens is 3. The van der Waals surface area contributed by atoms with Crippen LogP contribution in [-0.2, 0) is 0 Å². The quantitative estimate of drug-likeness (QED) is 0.710. The van der Waals surface area contributed by atoms with Crippen LogP contribution in [0.5, 0.6) is 11.5 Å². The number of nitrogens with zero attached hydrogens (tertiary/aromatic N) is 3. The lowest BCUT2D eigenvalue weighted by atomic mass is 10.3. The normalized spacial score (nSPS) is 10.4. The second-order valence-electron chi connectivity index (χ2n) is 4.84. The molecule has 8 heteroatoms. The number of halogens is 1. The summed E-state index contributed by atoms with van der Waals surface area (Å²) in [6.45, 7) is 0. The molecule has 3 rings (SSSR count). The fourth-order valence-electron chi connectivity index (χ4n) is 2.05. The van der Waals surface area contributed by atoms with Crippen molar-refractivity contribution in [1.82, 2.24) is 15.0 Å². The fourth-order valence-corrected chi connectivity index (χ4v) is 2.22. The molecule has 0 aliphatic rings. The molecule has 0 radical (unpaired) electrons. The highest BCUT2D eigenvalue weighted by Gasteiger charge is 2.14. The zero-order chi connectivity index (χ0) is 17.1. The molecule has 0 saturated heterocycles. The molecule has 24 heavy (non-hydrogen) atoms. The maximum absolute atomic E-state index is 12.2. The summed E-state index contributed by atoms with van der Waals surface area (Å²) in [5.74, 6) is -0.0488. The smallest absolute Gasteiger partial charge is 0.277 e. The average molecular weight is 345 g/mol. The number of aromatic hydroxyl groups is 1. The lowest BCUT2D eigenvalue weighted by Crippen LogP contribution is -2.12. The third-order valence-corrected chi connectivity index (χ3v) is 3.58. The van der Waals surface area contributed by atoms with E-state index in [0.29, 0.717) is 11.4 Å². The van der Waals surface area contributed by atoms with E-state index in [1.54, 1.807) is 31.4 Å². The van der Waals surface area contributed by atoms with Gasteiger partial charge in [-0.15, -0.1) is 5.10 Å². The number of methoxy groups -OCH3 is 1. The molecule has 0 unspecified atom stereocenters. The summed E-state index contributed by atoms with van der Waals surface area (Å²) in [5.41, 5.74) is 0.993. The van der Waals surface area contributed by atoms with Crippen LogP contribution < -0.4 is 10.1 Å². The van der Waals surface area contributed by atoms with Gasteiger partial charge in [0.05, 0.1) is 29.7 Å². The Morgan fingerprint density at radius 2 is 2.08 bits per heavy atom. The van der Waals surface area contributed by atoms with E-state index in [4.69, 9.17) is 16.3 Å². The molecule has 0 aliphatic carbocycles. The molecular weight excluding hydrogens is 332 g/mol. The largest absolute Gasteiger partial charge is 0.504 e. The van der Waals surface area contributed by atoms with Gasteiger partial charge in [0.1, 0.15) is 5.75 Å². The minimum absolute atomic E-state index is 0.0946. The molecule has 2 aromatic carbocycles. The van der Waals surface area contributed by atoms with Crippen molar-refractivity contribution in [2.24, 2.45) is 0 Å². The van der Waals surface area contributed by atoms with E-state index in [0.717, 1.165) is 0 Å². The van der Waals surface area contributed by atoms with Crippen LogP contribution in [0.25, 0.3) is 5.69 Å². The predicted octanol–water partition coefficient (Wildman–Crippen LogP) is 2.89. The highest BCUT2D eigenvalue weighted by molar-refractivity contribution is 6.32. The monoisotopic (exact) mass is 344 g/mol. The topological polar surface area (TPSA) is 89.3 Å². The van der Waals surface area contributed by atoms with E-state index >= 15 is 0 Å². The van der Waals surface area contributed by atoms with E-state index in [9.17, 15) is 9.90 Å². The Kier molecular flexibility index (Phi) is 4.35. The molecule has 7 nitrogen and oxygen atoms in total. The summed E-state index contributed by atoms with van der Waals surface area (Å²) in [7, 11) is 1.57. The van der Waals surface area contributed by atoms with Crippen LogP contribution in [0.1, 0.15) is 10.5 Å².